The van der Waals surface area contributed by atoms with Gasteiger partial charge in [0, 0.05) is 13.1 Å². The molecule has 1 aromatic carbocycles. The molecule has 1 fully saturated rings. The van der Waals surface area contributed by atoms with Crippen LogP contribution in [-0.2, 0) is 10.0 Å². The molecule has 2 rings (SSSR count). The van der Waals surface area contributed by atoms with Gasteiger partial charge in [-0.05, 0) is 12.1 Å². The molecule has 0 bridgehead atoms. The Kier molecular flexibility index (Phi) is 1.85. The molecule has 0 atom stereocenters. The van der Waals surface area contributed by atoms with E-state index in [-0.39, 0.29) is 4.90 Å². The molecule has 0 amide bonds. The van der Waals surface area contributed by atoms with Crippen LogP contribution < -0.4 is 0 Å². The first-order valence-electron chi connectivity index (χ1n) is 3.87. The predicted octanol–water partition coefficient (Wildman–Crippen LogP) is 0.830. The summed E-state index contributed by atoms with van der Waals surface area (Å²) in [7, 11) is -3.54. The number of halogens is 1. The highest BCUT2D eigenvalue weighted by Gasteiger charge is 2.34. The second-order valence-electron chi connectivity index (χ2n) is 2.83. The van der Waals surface area contributed by atoms with E-state index in [4.69, 9.17) is 0 Å². The molecule has 13 heavy (non-hydrogen) atoms. The van der Waals surface area contributed by atoms with Crippen molar-refractivity contribution >= 4 is 10.0 Å². The van der Waals surface area contributed by atoms with Gasteiger partial charge in [-0.2, -0.15) is 4.31 Å². The Hall–Kier alpha value is -0.940. The second kappa shape index (κ2) is 2.78. The number of benzene rings is 1. The molecule has 0 aliphatic carbocycles. The van der Waals surface area contributed by atoms with E-state index in [1.54, 1.807) is 0 Å². The molecule has 0 saturated carbocycles. The van der Waals surface area contributed by atoms with E-state index in [1.165, 1.54) is 22.5 Å². The molecule has 3 nitrogen and oxygen atoms in total. The topological polar surface area (TPSA) is 37.1 Å². The van der Waals surface area contributed by atoms with Crippen molar-refractivity contribution in [2.75, 3.05) is 13.1 Å². The van der Waals surface area contributed by atoms with Crippen LogP contribution in [0.2, 0.25) is 0 Å². The van der Waals surface area contributed by atoms with Gasteiger partial charge in [-0.3, -0.25) is 0 Å². The Morgan fingerprint density at radius 3 is 2.38 bits per heavy atom. The van der Waals surface area contributed by atoms with Crippen molar-refractivity contribution in [1.29, 1.82) is 0 Å². The summed E-state index contributed by atoms with van der Waals surface area (Å²) in [5, 5.41) is 0. The zero-order chi connectivity index (χ0) is 9.47. The molecule has 1 aromatic rings. The van der Waals surface area contributed by atoms with Crippen molar-refractivity contribution < 1.29 is 12.8 Å². The Bertz CT molecular complexity index is 426. The minimum Gasteiger partial charge on any atom is -0.207 e. The standard InChI is InChI=1S/C8H8FNO2S/c9-7-3-1-2-4-8(7)13(11,12)10-5-6-10/h1-4H,5-6H2. The molecular formula is C8H8FNO2S. The zero-order valence-electron chi connectivity index (χ0n) is 6.77. The predicted molar refractivity (Wildman–Crippen MR) is 45.2 cm³/mol. The van der Waals surface area contributed by atoms with E-state index in [0.717, 1.165) is 6.07 Å². The van der Waals surface area contributed by atoms with E-state index in [9.17, 15) is 12.8 Å². The third kappa shape index (κ3) is 1.45. The molecule has 0 N–H and O–H groups in total. The van der Waals surface area contributed by atoms with Crippen LogP contribution in [-0.4, -0.2) is 25.8 Å². The van der Waals surface area contributed by atoms with Crippen LogP contribution in [0.1, 0.15) is 0 Å². The molecular weight excluding hydrogens is 193 g/mol. The lowest BCUT2D eigenvalue weighted by atomic mass is 10.4. The monoisotopic (exact) mass is 201 g/mol. The van der Waals surface area contributed by atoms with Crippen molar-refractivity contribution in [3.8, 4) is 0 Å². The van der Waals surface area contributed by atoms with E-state index in [0.29, 0.717) is 13.1 Å². The van der Waals surface area contributed by atoms with Crippen molar-refractivity contribution in [3.63, 3.8) is 0 Å². The van der Waals surface area contributed by atoms with Gasteiger partial charge in [-0.15, -0.1) is 0 Å². The summed E-state index contributed by atoms with van der Waals surface area (Å²) in [6, 6.07) is 5.41. The summed E-state index contributed by atoms with van der Waals surface area (Å²) in [6.45, 7) is 0.993. The van der Waals surface area contributed by atoms with E-state index >= 15 is 0 Å². The summed E-state index contributed by atoms with van der Waals surface area (Å²) in [4.78, 5) is -0.229. The molecule has 0 radical (unpaired) electrons. The fraction of sp³-hybridized carbons (Fsp3) is 0.250. The third-order valence-electron chi connectivity index (χ3n) is 1.86. The molecule has 1 aliphatic heterocycles. The lowest BCUT2D eigenvalue weighted by molar-refractivity contribution is 0.542. The minimum atomic E-state index is -3.54. The number of nitrogens with zero attached hydrogens (tertiary/aromatic N) is 1. The van der Waals surface area contributed by atoms with Gasteiger partial charge in [0.05, 0.1) is 0 Å². The lowest BCUT2D eigenvalue weighted by Crippen LogP contribution is -2.13. The molecule has 1 heterocycles. The number of rotatable bonds is 2. The first-order valence-corrected chi connectivity index (χ1v) is 5.31. The molecule has 0 aromatic heterocycles. The van der Waals surface area contributed by atoms with Crippen LogP contribution in [0.3, 0.4) is 0 Å². The zero-order valence-corrected chi connectivity index (χ0v) is 7.59. The van der Waals surface area contributed by atoms with Crippen molar-refractivity contribution in [2.45, 2.75) is 4.90 Å². The average molecular weight is 201 g/mol. The molecule has 1 aliphatic rings. The summed E-state index contributed by atoms with van der Waals surface area (Å²) >= 11 is 0. The minimum absolute atomic E-state index is 0.229. The Morgan fingerprint density at radius 1 is 1.23 bits per heavy atom. The Labute approximate surface area is 75.8 Å². The largest absolute Gasteiger partial charge is 0.246 e. The molecule has 1 saturated heterocycles. The van der Waals surface area contributed by atoms with Gasteiger partial charge >= 0.3 is 0 Å². The average Bonchev–Trinajstić information content (AvgIpc) is 2.86. The maximum atomic E-state index is 13.1. The summed E-state index contributed by atoms with van der Waals surface area (Å²) in [5.41, 5.74) is 0. The van der Waals surface area contributed by atoms with Gasteiger partial charge in [-0.25, -0.2) is 12.8 Å². The Morgan fingerprint density at radius 2 is 1.85 bits per heavy atom. The maximum Gasteiger partial charge on any atom is 0.246 e. The Balaban J connectivity index is 2.51. The van der Waals surface area contributed by atoms with Crippen molar-refractivity contribution in [1.82, 2.24) is 4.31 Å². The van der Waals surface area contributed by atoms with Crippen LogP contribution in [0.4, 0.5) is 4.39 Å². The van der Waals surface area contributed by atoms with Crippen LogP contribution in [0.15, 0.2) is 29.2 Å². The van der Waals surface area contributed by atoms with Crippen LogP contribution in [0, 0.1) is 5.82 Å². The third-order valence-corrected chi connectivity index (χ3v) is 3.79. The summed E-state index contributed by atoms with van der Waals surface area (Å²) in [5.74, 6) is -0.686. The highest BCUT2D eigenvalue weighted by molar-refractivity contribution is 7.89. The molecule has 70 valence electrons. The van der Waals surface area contributed by atoms with Crippen molar-refractivity contribution in [3.05, 3.63) is 30.1 Å². The second-order valence-corrected chi connectivity index (χ2v) is 4.74. The number of sulfonamides is 1. The SMILES string of the molecule is O=S(=O)(c1ccccc1F)N1CC1. The molecule has 5 heteroatoms. The quantitative estimate of drug-likeness (QED) is 0.664. The highest BCUT2D eigenvalue weighted by Crippen LogP contribution is 2.23. The normalized spacial score (nSPS) is 17.3. The fourth-order valence-corrected chi connectivity index (χ4v) is 2.48. The maximum absolute atomic E-state index is 13.1. The van der Waals surface area contributed by atoms with Crippen LogP contribution in [0.5, 0.6) is 0 Å². The first kappa shape index (κ1) is 8.65. The van der Waals surface area contributed by atoms with Crippen molar-refractivity contribution in [2.24, 2.45) is 0 Å². The van der Waals surface area contributed by atoms with Gasteiger partial charge in [0.15, 0.2) is 0 Å². The number of hydrogen-bond donors (Lipinski definition) is 0. The van der Waals surface area contributed by atoms with Gasteiger partial charge in [0.1, 0.15) is 10.7 Å². The fourth-order valence-electron chi connectivity index (χ4n) is 1.07. The molecule has 0 spiro atoms. The van der Waals surface area contributed by atoms with E-state index in [1.807, 2.05) is 0 Å². The summed E-state index contributed by atoms with van der Waals surface area (Å²) < 4.78 is 37.3. The van der Waals surface area contributed by atoms with Gasteiger partial charge < -0.3 is 0 Å². The molecule has 0 unspecified atom stereocenters. The van der Waals surface area contributed by atoms with Gasteiger partial charge in [0.25, 0.3) is 0 Å². The van der Waals surface area contributed by atoms with Gasteiger partial charge in [-0.1, -0.05) is 12.1 Å². The number of hydrogen-bond acceptors (Lipinski definition) is 2. The lowest BCUT2D eigenvalue weighted by Gasteiger charge is -2.03. The van der Waals surface area contributed by atoms with E-state index < -0.39 is 15.8 Å². The smallest absolute Gasteiger partial charge is 0.207 e. The van der Waals surface area contributed by atoms with Crippen LogP contribution >= 0.6 is 0 Å². The van der Waals surface area contributed by atoms with Gasteiger partial charge in [0.2, 0.25) is 10.0 Å². The first-order chi connectivity index (χ1) is 6.12. The highest BCUT2D eigenvalue weighted by atomic mass is 32.2. The van der Waals surface area contributed by atoms with Crippen LogP contribution in [0.25, 0.3) is 0 Å². The summed E-state index contributed by atoms with van der Waals surface area (Å²) in [6.07, 6.45) is 0. The van der Waals surface area contributed by atoms with E-state index in [2.05, 4.69) is 0 Å².